The molecule has 0 aromatic carbocycles. The number of rotatable bonds is 2. The molecule has 0 aromatic rings. The molecule has 0 saturated heterocycles. The van der Waals surface area contributed by atoms with Crippen LogP contribution in [0, 0.1) is 0 Å². The summed E-state index contributed by atoms with van der Waals surface area (Å²) in [4.78, 5) is 21.1. The molecule has 0 unspecified atom stereocenters. The highest BCUT2D eigenvalue weighted by Gasteiger charge is 2.35. The minimum atomic E-state index is -5.23. The minimum absolute atomic E-state index is 0.667. The third kappa shape index (κ3) is 4.43. The number of methoxy groups -OCH3 is 1. The fraction of sp³-hybridized carbons (Fsp3) is 0.429. The Labute approximate surface area is 81.5 Å². The maximum Gasteiger partial charge on any atom is 0.575 e. The molecule has 0 atom stereocenters. The molecule has 0 fully saturated rings. The monoisotopic (exact) mass is 230 g/mol. The molecule has 8 heteroatoms. The van der Waals surface area contributed by atoms with E-state index in [2.05, 4.69) is 9.47 Å². The standard InChI is InChI=1S/C7H6F4O4/c1-3(4(8)6(13)14-2)5(12)15-7(9,10)11/h1-2H3. The van der Waals surface area contributed by atoms with Crippen molar-refractivity contribution in [2.75, 3.05) is 7.11 Å². The first-order chi connectivity index (χ1) is 6.69. The van der Waals surface area contributed by atoms with E-state index in [0.717, 1.165) is 7.11 Å². The summed E-state index contributed by atoms with van der Waals surface area (Å²) in [6, 6.07) is 0. The quantitative estimate of drug-likeness (QED) is 0.409. The Kier molecular flexibility index (Phi) is 4.25. The van der Waals surface area contributed by atoms with Gasteiger partial charge in [-0.05, 0) is 6.92 Å². The van der Waals surface area contributed by atoms with Crippen LogP contribution in [0.3, 0.4) is 0 Å². The second kappa shape index (κ2) is 4.76. The molecule has 0 spiro atoms. The van der Waals surface area contributed by atoms with Crippen LogP contribution in [0.5, 0.6) is 0 Å². The van der Waals surface area contributed by atoms with Gasteiger partial charge in [-0.3, -0.25) is 0 Å². The zero-order chi connectivity index (χ0) is 12.2. The van der Waals surface area contributed by atoms with Crippen molar-refractivity contribution in [1.29, 1.82) is 0 Å². The normalized spacial score (nSPS) is 12.9. The molecule has 0 saturated carbocycles. The van der Waals surface area contributed by atoms with Gasteiger partial charge in [0.15, 0.2) is 0 Å². The van der Waals surface area contributed by atoms with Crippen LogP contribution in [-0.2, 0) is 19.1 Å². The lowest BCUT2D eigenvalue weighted by Gasteiger charge is -2.07. The molecule has 0 amide bonds. The van der Waals surface area contributed by atoms with Gasteiger partial charge in [-0.25, -0.2) is 9.59 Å². The zero-order valence-corrected chi connectivity index (χ0v) is 7.64. The molecule has 86 valence electrons. The average Bonchev–Trinajstić information content (AvgIpc) is 2.11. The van der Waals surface area contributed by atoms with E-state index >= 15 is 0 Å². The molecule has 0 aliphatic heterocycles. The summed E-state index contributed by atoms with van der Waals surface area (Å²) in [7, 11) is 0.810. The molecule has 0 aliphatic rings. The van der Waals surface area contributed by atoms with Gasteiger partial charge < -0.3 is 9.47 Å². The maximum absolute atomic E-state index is 12.8. The van der Waals surface area contributed by atoms with Gasteiger partial charge in [-0.2, -0.15) is 4.39 Å². The summed E-state index contributed by atoms with van der Waals surface area (Å²) in [5.41, 5.74) is -1.11. The predicted octanol–water partition coefficient (Wildman–Crippen LogP) is 1.47. The van der Waals surface area contributed by atoms with E-state index in [1.54, 1.807) is 0 Å². The number of esters is 2. The highest BCUT2D eigenvalue weighted by molar-refractivity contribution is 5.98. The Morgan fingerprint density at radius 2 is 1.60 bits per heavy atom. The highest BCUT2D eigenvalue weighted by Crippen LogP contribution is 2.20. The van der Waals surface area contributed by atoms with Crippen LogP contribution in [0.4, 0.5) is 17.6 Å². The summed E-state index contributed by atoms with van der Waals surface area (Å²) < 4.78 is 54.0. The minimum Gasteiger partial charge on any atom is -0.464 e. The molecule has 0 aromatic heterocycles. The first kappa shape index (κ1) is 13.4. The number of hydrogen-bond acceptors (Lipinski definition) is 4. The lowest BCUT2D eigenvalue weighted by molar-refractivity contribution is -0.303. The van der Waals surface area contributed by atoms with E-state index in [-0.39, 0.29) is 0 Å². The first-order valence-corrected chi connectivity index (χ1v) is 3.43. The van der Waals surface area contributed by atoms with Crippen LogP contribution in [0.2, 0.25) is 0 Å². The van der Waals surface area contributed by atoms with Gasteiger partial charge in [0.25, 0.3) is 0 Å². The van der Waals surface area contributed by atoms with Crippen LogP contribution < -0.4 is 0 Å². The Morgan fingerprint density at radius 1 is 1.13 bits per heavy atom. The molecule has 0 rings (SSSR count). The van der Waals surface area contributed by atoms with Crippen molar-refractivity contribution in [3.05, 3.63) is 11.4 Å². The largest absolute Gasteiger partial charge is 0.575 e. The zero-order valence-electron chi connectivity index (χ0n) is 7.64. The first-order valence-electron chi connectivity index (χ1n) is 3.43. The molecule has 0 bridgehead atoms. The molecular formula is C7H6F4O4. The molecule has 4 nitrogen and oxygen atoms in total. The van der Waals surface area contributed by atoms with Gasteiger partial charge in [0.2, 0.25) is 5.83 Å². The van der Waals surface area contributed by atoms with E-state index in [1.165, 1.54) is 0 Å². The maximum atomic E-state index is 12.8. The van der Waals surface area contributed by atoms with Crippen LogP contribution in [0.25, 0.3) is 0 Å². The lowest BCUT2D eigenvalue weighted by Crippen LogP contribution is -2.21. The Balaban J connectivity index is 4.78. The number of carbonyl (C=O) groups is 2. The summed E-state index contributed by atoms with van der Waals surface area (Å²) >= 11 is 0. The fourth-order valence-corrected chi connectivity index (χ4v) is 0.514. The highest BCUT2D eigenvalue weighted by atomic mass is 19.4. The SMILES string of the molecule is COC(=O)C(F)=C(C)C(=O)OC(F)(F)F. The van der Waals surface area contributed by atoms with Crippen molar-refractivity contribution in [2.24, 2.45) is 0 Å². The van der Waals surface area contributed by atoms with Gasteiger partial charge in [0.1, 0.15) is 0 Å². The molecular weight excluding hydrogens is 224 g/mol. The van der Waals surface area contributed by atoms with Gasteiger partial charge >= 0.3 is 18.3 Å². The Hall–Kier alpha value is -1.60. The lowest BCUT2D eigenvalue weighted by atomic mass is 10.3. The average molecular weight is 230 g/mol. The Morgan fingerprint density at radius 3 is 1.93 bits per heavy atom. The van der Waals surface area contributed by atoms with Crippen molar-refractivity contribution in [3.63, 3.8) is 0 Å². The third-order valence-electron chi connectivity index (χ3n) is 1.21. The van der Waals surface area contributed by atoms with E-state index in [4.69, 9.17) is 0 Å². The predicted molar refractivity (Wildman–Crippen MR) is 38.0 cm³/mol. The van der Waals surface area contributed by atoms with Crippen LogP contribution in [0.15, 0.2) is 11.4 Å². The van der Waals surface area contributed by atoms with E-state index in [1.807, 2.05) is 0 Å². The molecule has 0 radical (unpaired) electrons. The van der Waals surface area contributed by atoms with E-state index in [0.29, 0.717) is 6.92 Å². The second-order valence-electron chi connectivity index (χ2n) is 2.27. The smallest absolute Gasteiger partial charge is 0.464 e. The number of carbonyl (C=O) groups excluding carboxylic acids is 2. The topological polar surface area (TPSA) is 52.6 Å². The molecule has 0 N–H and O–H groups in total. The molecule has 15 heavy (non-hydrogen) atoms. The van der Waals surface area contributed by atoms with Crippen molar-refractivity contribution < 1.29 is 36.6 Å². The van der Waals surface area contributed by atoms with Gasteiger partial charge in [0.05, 0.1) is 12.7 Å². The fourth-order valence-electron chi connectivity index (χ4n) is 0.514. The van der Waals surface area contributed by atoms with Crippen molar-refractivity contribution in [2.45, 2.75) is 13.3 Å². The van der Waals surface area contributed by atoms with Gasteiger partial charge in [0, 0.05) is 0 Å². The summed E-state index contributed by atoms with van der Waals surface area (Å²) in [5.74, 6) is -5.27. The summed E-state index contributed by atoms with van der Waals surface area (Å²) in [5, 5.41) is 0. The number of alkyl halides is 3. The second-order valence-corrected chi connectivity index (χ2v) is 2.27. The van der Waals surface area contributed by atoms with Crippen molar-refractivity contribution in [1.82, 2.24) is 0 Å². The number of hydrogen-bond donors (Lipinski definition) is 0. The summed E-state index contributed by atoms with van der Waals surface area (Å²) in [6.07, 6.45) is -5.23. The Bertz CT molecular complexity index is 305. The number of halogens is 4. The molecule has 0 aliphatic carbocycles. The third-order valence-corrected chi connectivity index (χ3v) is 1.21. The van der Waals surface area contributed by atoms with Crippen LogP contribution in [0.1, 0.15) is 6.92 Å². The van der Waals surface area contributed by atoms with Gasteiger partial charge in [-0.1, -0.05) is 0 Å². The molecule has 0 heterocycles. The summed E-state index contributed by atoms with van der Waals surface area (Å²) in [6.45, 7) is 0.667. The number of ether oxygens (including phenoxy) is 2. The van der Waals surface area contributed by atoms with E-state index in [9.17, 15) is 27.2 Å². The van der Waals surface area contributed by atoms with Crippen LogP contribution in [-0.4, -0.2) is 25.4 Å². The van der Waals surface area contributed by atoms with Crippen LogP contribution >= 0.6 is 0 Å². The van der Waals surface area contributed by atoms with Crippen molar-refractivity contribution in [3.8, 4) is 0 Å². The van der Waals surface area contributed by atoms with Gasteiger partial charge in [-0.15, -0.1) is 13.2 Å². The van der Waals surface area contributed by atoms with Crippen molar-refractivity contribution >= 4 is 11.9 Å². The van der Waals surface area contributed by atoms with E-state index < -0.39 is 29.7 Å².